The quantitative estimate of drug-likeness (QED) is 0.864. The number of fused-ring (bicyclic) bond motifs is 1. The van der Waals surface area contributed by atoms with Gasteiger partial charge < -0.3 is 15.4 Å². The summed E-state index contributed by atoms with van der Waals surface area (Å²) < 4.78 is 6.54. The molecular weight excluding hydrogens is 348 g/mol. The molecule has 0 fully saturated rings. The fraction of sp³-hybridized carbons (Fsp3) is 0.250. The van der Waals surface area contributed by atoms with E-state index in [2.05, 4.69) is 15.7 Å². The second kappa shape index (κ2) is 6.94. The largest absolute Gasteiger partial charge is 0.482 e. The summed E-state index contributed by atoms with van der Waals surface area (Å²) in [5, 5.41) is 9.55. The van der Waals surface area contributed by atoms with Crippen LogP contribution < -0.4 is 20.9 Å². The van der Waals surface area contributed by atoms with Crippen LogP contribution in [0, 0.1) is 0 Å². The standard InChI is InChI=1S/C16H15ClN4O4/c1-2-5-21-15(23)4-3-10(20-21)16(24)19-11-7-13-12(6-9(11)17)18-14(22)8-25-13/h3-4,6-7H,2,5,8H2,1H3,(H,18,22)(H,19,24). The van der Waals surface area contributed by atoms with Crippen molar-refractivity contribution >= 4 is 34.8 Å². The van der Waals surface area contributed by atoms with Gasteiger partial charge in [0, 0.05) is 18.7 Å². The number of ether oxygens (including phenoxy) is 1. The van der Waals surface area contributed by atoms with Gasteiger partial charge in [0.25, 0.3) is 17.4 Å². The fourth-order valence-corrected chi connectivity index (χ4v) is 2.54. The highest BCUT2D eigenvalue weighted by Crippen LogP contribution is 2.36. The Kier molecular flexibility index (Phi) is 4.71. The van der Waals surface area contributed by atoms with Crippen LogP contribution >= 0.6 is 11.6 Å². The van der Waals surface area contributed by atoms with E-state index in [0.717, 1.165) is 6.42 Å². The number of aromatic nitrogens is 2. The number of rotatable bonds is 4. The summed E-state index contributed by atoms with van der Waals surface area (Å²) in [7, 11) is 0. The highest BCUT2D eigenvalue weighted by molar-refractivity contribution is 6.34. The molecule has 2 amide bonds. The lowest BCUT2D eigenvalue weighted by atomic mass is 10.2. The Labute approximate surface area is 147 Å². The molecule has 0 saturated heterocycles. The number of anilines is 2. The zero-order chi connectivity index (χ0) is 18.0. The van der Waals surface area contributed by atoms with Crippen molar-refractivity contribution in [2.75, 3.05) is 17.2 Å². The van der Waals surface area contributed by atoms with Crippen molar-refractivity contribution in [2.45, 2.75) is 19.9 Å². The minimum Gasteiger partial charge on any atom is -0.482 e. The minimum absolute atomic E-state index is 0.0936. The Bertz CT molecular complexity index is 909. The van der Waals surface area contributed by atoms with Gasteiger partial charge in [0.1, 0.15) is 11.4 Å². The monoisotopic (exact) mass is 362 g/mol. The maximum atomic E-state index is 12.4. The molecule has 0 atom stereocenters. The average molecular weight is 363 g/mol. The first-order valence-electron chi connectivity index (χ1n) is 7.63. The van der Waals surface area contributed by atoms with Crippen molar-refractivity contribution in [1.29, 1.82) is 0 Å². The summed E-state index contributed by atoms with van der Waals surface area (Å²) in [5.41, 5.74) is 0.580. The summed E-state index contributed by atoms with van der Waals surface area (Å²) in [4.78, 5) is 35.4. The third-order valence-electron chi connectivity index (χ3n) is 3.48. The molecule has 0 bridgehead atoms. The molecule has 0 unspecified atom stereocenters. The molecule has 0 aliphatic carbocycles. The van der Waals surface area contributed by atoms with Gasteiger partial charge in [-0.05, 0) is 18.6 Å². The van der Waals surface area contributed by atoms with E-state index in [-0.39, 0.29) is 28.8 Å². The Morgan fingerprint density at radius 1 is 1.40 bits per heavy atom. The highest BCUT2D eigenvalue weighted by atomic mass is 35.5. The highest BCUT2D eigenvalue weighted by Gasteiger charge is 2.19. The number of nitrogens with one attached hydrogen (secondary N) is 2. The van der Waals surface area contributed by atoms with Gasteiger partial charge in [-0.15, -0.1) is 0 Å². The number of hydrogen-bond donors (Lipinski definition) is 2. The lowest BCUT2D eigenvalue weighted by Crippen LogP contribution is -2.26. The molecule has 2 heterocycles. The number of aryl methyl sites for hydroxylation is 1. The zero-order valence-electron chi connectivity index (χ0n) is 13.3. The molecule has 0 spiro atoms. The summed E-state index contributed by atoms with van der Waals surface area (Å²) >= 11 is 6.15. The van der Waals surface area contributed by atoms with Crippen LogP contribution in [0.1, 0.15) is 23.8 Å². The maximum absolute atomic E-state index is 12.4. The molecule has 1 aliphatic rings. The van der Waals surface area contributed by atoms with Crippen molar-refractivity contribution in [1.82, 2.24) is 9.78 Å². The second-order valence-corrected chi connectivity index (χ2v) is 5.81. The number of carbonyl (C=O) groups excluding carboxylic acids is 2. The molecule has 2 aromatic rings. The molecule has 1 aliphatic heterocycles. The lowest BCUT2D eigenvalue weighted by Gasteiger charge is -2.19. The predicted octanol–water partition coefficient (Wildman–Crippen LogP) is 1.89. The first-order chi connectivity index (χ1) is 12.0. The Hall–Kier alpha value is -2.87. The summed E-state index contributed by atoms with van der Waals surface area (Å²) in [6.45, 7) is 2.23. The molecule has 1 aromatic carbocycles. The van der Waals surface area contributed by atoms with Gasteiger partial charge in [0.15, 0.2) is 6.61 Å². The van der Waals surface area contributed by atoms with E-state index in [1.807, 2.05) is 6.92 Å². The molecule has 9 heteroatoms. The first-order valence-corrected chi connectivity index (χ1v) is 8.01. The van der Waals surface area contributed by atoms with E-state index >= 15 is 0 Å². The van der Waals surface area contributed by atoms with Crippen molar-refractivity contribution in [2.24, 2.45) is 0 Å². The van der Waals surface area contributed by atoms with E-state index in [1.165, 1.54) is 28.9 Å². The van der Waals surface area contributed by atoms with E-state index in [9.17, 15) is 14.4 Å². The van der Waals surface area contributed by atoms with Gasteiger partial charge in [-0.2, -0.15) is 5.10 Å². The van der Waals surface area contributed by atoms with Crippen molar-refractivity contribution < 1.29 is 14.3 Å². The minimum atomic E-state index is -0.508. The molecule has 8 nitrogen and oxygen atoms in total. The molecule has 0 radical (unpaired) electrons. The SMILES string of the molecule is CCCn1nc(C(=O)Nc2cc3c(cc2Cl)NC(=O)CO3)ccc1=O. The van der Waals surface area contributed by atoms with Gasteiger partial charge in [0.2, 0.25) is 0 Å². The van der Waals surface area contributed by atoms with Crippen LogP contribution in [0.15, 0.2) is 29.1 Å². The Morgan fingerprint density at radius 3 is 2.96 bits per heavy atom. The summed E-state index contributed by atoms with van der Waals surface area (Å²) in [6.07, 6.45) is 0.720. The van der Waals surface area contributed by atoms with Gasteiger partial charge in [-0.25, -0.2) is 4.68 Å². The molecule has 2 N–H and O–H groups in total. The van der Waals surface area contributed by atoms with Gasteiger partial charge in [-0.1, -0.05) is 18.5 Å². The molecular formula is C16H15ClN4O4. The van der Waals surface area contributed by atoms with Crippen molar-refractivity contribution in [3.8, 4) is 5.75 Å². The number of halogens is 1. The van der Waals surface area contributed by atoms with Crippen LogP contribution in [0.4, 0.5) is 11.4 Å². The van der Waals surface area contributed by atoms with Crippen LogP contribution in [-0.2, 0) is 11.3 Å². The Balaban J connectivity index is 1.85. The molecule has 3 rings (SSSR count). The lowest BCUT2D eigenvalue weighted by molar-refractivity contribution is -0.118. The summed E-state index contributed by atoms with van der Waals surface area (Å²) in [5.74, 6) is -0.377. The van der Waals surface area contributed by atoms with Crippen LogP contribution in [0.25, 0.3) is 0 Å². The Morgan fingerprint density at radius 2 is 2.20 bits per heavy atom. The molecule has 130 valence electrons. The van der Waals surface area contributed by atoms with Crippen LogP contribution in [0.2, 0.25) is 5.02 Å². The van der Waals surface area contributed by atoms with Crippen molar-refractivity contribution in [3.05, 3.63) is 45.3 Å². The van der Waals surface area contributed by atoms with E-state index in [4.69, 9.17) is 16.3 Å². The van der Waals surface area contributed by atoms with E-state index in [1.54, 1.807) is 0 Å². The first kappa shape index (κ1) is 17.0. The van der Waals surface area contributed by atoms with E-state index in [0.29, 0.717) is 23.7 Å². The zero-order valence-corrected chi connectivity index (χ0v) is 14.1. The number of hydrogen-bond acceptors (Lipinski definition) is 5. The van der Waals surface area contributed by atoms with Crippen LogP contribution in [-0.4, -0.2) is 28.2 Å². The normalized spacial score (nSPS) is 12.8. The van der Waals surface area contributed by atoms with Gasteiger partial charge in [-0.3, -0.25) is 14.4 Å². The predicted molar refractivity (Wildman–Crippen MR) is 92.3 cm³/mol. The van der Waals surface area contributed by atoms with Gasteiger partial charge >= 0.3 is 0 Å². The third-order valence-corrected chi connectivity index (χ3v) is 3.80. The summed E-state index contributed by atoms with van der Waals surface area (Å²) in [6, 6.07) is 5.67. The molecule has 1 aromatic heterocycles. The average Bonchev–Trinajstić information content (AvgIpc) is 2.58. The number of nitrogens with zero attached hydrogens (tertiary/aromatic N) is 2. The fourth-order valence-electron chi connectivity index (χ4n) is 2.32. The molecule has 25 heavy (non-hydrogen) atoms. The molecule has 0 saturated carbocycles. The van der Waals surface area contributed by atoms with Crippen LogP contribution in [0.5, 0.6) is 5.75 Å². The van der Waals surface area contributed by atoms with Crippen LogP contribution in [0.3, 0.4) is 0 Å². The second-order valence-electron chi connectivity index (χ2n) is 5.40. The van der Waals surface area contributed by atoms with Crippen molar-refractivity contribution in [3.63, 3.8) is 0 Å². The van der Waals surface area contributed by atoms with E-state index < -0.39 is 5.91 Å². The number of benzene rings is 1. The number of amides is 2. The maximum Gasteiger partial charge on any atom is 0.276 e. The smallest absolute Gasteiger partial charge is 0.276 e. The topological polar surface area (TPSA) is 102 Å². The third kappa shape index (κ3) is 3.63. The number of carbonyl (C=O) groups is 2. The van der Waals surface area contributed by atoms with Gasteiger partial charge in [0.05, 0.1) is 16.4 Å².